The Morgan fingerprint density at radius 2 is 2.33 bits per heavy atom. The summed E-state index contributed by atoms with van der Waals surface area (Å²) >= 11 is 1.87. The van der Waals surface area contributed by atoms with E-state index in [0.717, 1.165) is 23.6 Å². The van der Waals surface area contributed by atoms with Crippen molar-refractivity contribution in [1.82, 2.24) is 14.5 Å². The maximum absolute atomic E-state index is 5.91. The Kier molecular flexibility index (Phi) is 4.25. The zero-order valence-electron chi connectivity index (χ0n) is 10.7. The Hall–Kier alpha value is -1.49. The van der Waals surface area contributed by atoms with Gasteiger partial charge in [-0.1, -0.05) is 6.92 Å². The van der Waals surface area contributed by atoms with Gasteiger partial charge in [-0.3, -0.25) is 0 Å². The van der Waals surface area contributed by atoms with Gasteiger partial charge >= 0.3 is 0 Å². The molecule has 1 unspecified atom stereocenters. The number of nitrogens with zero attached hydrogens (tertiary/aromatic N) is 3. The van der Waals surface area contributed by atoms with Crippen molar-refractivity contribution in [2.45, 2.75) is 13.5 Å². The average molecular weight is 262 g/mol. The number of rotatable bonds is 5. The first-order chi connectivity index (χ1) is 8.72. The Morgan fingerprint density at radius 1 is 1.50 bits per heavy atom. The Morgan fingerprint density at radius 3 is 3.06 bits per heavy atom. The quantitative estimate of drug-likeness (QED) is 0.899. The van der Waals surface area contributed by atoms with Gasteiger partial charge in [-0.25, -0.2) is 9.97 Å². The van der Waals surface area contributed by atoms with E-state index in [0.29, 0.717) is 11.7 Å². The summed E-state index contributed by atoms with van der Waals surface area (Å²) in [5.74, 6) is 2.29. The molecule has 2 N–H and O–H groups in total. The van der Waals surface area contributed by atoms with Crippen LogP contribution in [0.25, 0.3) is 11.3 Å². The molecule has 2 rings (SSSR count). The lowest BCUT2D eigenvalue weighted by molar-refractivity contribution is 0.534. The molecular weight excluding hydrogens is 244 g/mol. The van der Waals surface area contributed by atoms with Crippen molar-refractivity contribution in [3.05, 3.63) is 30.9 Å². The number of imidazole rings is 1. The highest BCUT2D eigenvalue weighted by Gasteiger charge is 2.11. The molecule has 2 aromatic rings. The van der Waals surface area contributed by atoms with Crippen LogP contribution in [0.15, 0.2) is 30.9 Å². The summed E-state index contributed by atoms with van der Waals surface area (Å²) < 4.78 is 2.15. The fraction of sp³-hybridized carbons (Fsp3) is 0.385. The number of hydrogen-bond donors (Lipinski definition) is 1. The van der Waals surface area contributed by atoms with Crippen LogP contribution in [-0.2, 0) is 6.54 Å². The Labute approximate surface area is 112 Å². The average Bonchev–Trinajstić information content (AvgIpc) is 2.78. The van der Waals surface area contributed by atoms with Crippen LogP contribution in [-0.4, -0.2) is 26.5 Å². The second kappa shape index (κ2) is 5.91. The Balaban J connectivity index is 2.25. The molecule has 18 heavy (non-hydrogen) atoms. The van der Waals surface area contributed by atoms with Gasteiger partial charge in [-0.15, -0.1) is 0 Å². The van der Waals surface area contributed by atoms with Crippen LogP contribution in [0.4, 0.5) is 5.82 Å². The van der Waals surface area contributed by atoms with Gasteiger partial charge in [0.25, 0.3) is 0 Å². The van der Waals surface area contributed by atoms with Gasteiger partial charge in [-0.2, -0.15) is 11.8 Å². The van der Waals surface area contributed by atoms with Crippen molar-refractivity contribution in [3.63, 3.8) is 0 Å². The summed E-state index contributed by atoms with van der Waals surface area (Å²) in [5.41, 5.74) is 7.90. The number of nitrogens with two attached hydrogens (primary N) is 1. The minimum absolute atomic E-state index is 0.553. The van der Waals surface area contributed by atoms with Crippen molar-refractivity contribution in [2.24, 2.45) is 5.92 Å². The molecule has 0 aliphatic carbocycles. The van der Waals surface area contributed by atoms with E-state index in [1.54, 1.807) is 6.20 Å². The molecule has 5 heteroatoms. The number of anilines is 1. The molecular formula is C13H18N4S. The lowest BCUT2D eigenvalue weighted by Gasteiger charge is -2.14. The first kappa shape index (κ1) is 13.0. The van der Waals surface area contributed by atoms with Gasteiger partial charge in [-0.05, 0) is 30.1 Å². The molecule has 96 valence electrons. The second-order valence-corrected chi connectivity index (χ2v) is 5.34. The molecule has 2 aromatic heterocycles. The monoisotopic (exact) mass is 262 g/mol. The van der Waals surface area contributed by atoms with E-state index in [1.807, 2.05) is 36.4 Å². The van der Waals surface area contributed by atoms with Crippen LogP contribution in [0.3, 0.4) is 0 Å². The molecule has 4 nitrogen and oxygen atoms in total. The van der Waals surface area contributed by atoms with Gasteiger partial charge in [0, 0.05) is 18.3 Å². The van der Waals surface area contributed by atoms with E-state index in [2.05, 4.69) is 27.7 Å². The Bertz CT molecular complexity index is 509. The summed E-state index contributed by atoms with van der Waals surface area (Å²) in [5, 5.41) is 0. The molecule has 0 saturated heterocycles. The number of nitrogen functional groups attached to an aromatic ring is 1. The van der Waals surface area contributed by atoms with Gasteiger partial charge in [0.1, 0.15) is 5.82 Å². The minimum Gasteiger partial charge on any atom is -0.383 e. The second-order valence-electron chi connectivity index (χ2n) is 4.43. The topological polar surface area (TPSA) is 56.7 Å². The van der Waals surface area contributed by atoms with E-state index in [-0.39, 0.29) is 0 Å². The van der Waals surface area contributed by atoms with Crippen LogP contribution < -0.4 is 5.73 Å². The molecule has 0 spiro atoms. The standard InChI is InChI=1S/C13H18N4S/c1-10(8-18-2)7-17-9-15-6-12(17)11-4-3-5-16-13(11)14/h3-6,9-10H,7-8H2,1-2H3,(H2,14,16). The maximum atomic E-state index is 5.91. The van der Waals surface area contributed by atoms with Crippen LogP contribution in [0.5, 0.6) is 0 Å². The van der Waals surface area contributed by atoms with E-state index < -0.39 is 0 Å². The molecule has 0 radical (unpaired) electrons. The largest absolute Gasteiger partial charge is 0.383 e. The van der Waals surface area contributed by atoms with Crippen molar-refractivity contribution in [2.75, 3.05) is 17.7 Å². The first-order valence-electron chi connectivity index (χ1n) is 5.92. The predicted molar refractivity (Wildman–Crippen MR) is 77.4 cm³/mol. The van der Waals surface area contributed by atoms with Crippen molar-refractivity contribution < 1.29 is 0 Å². The predicted octanol–water partition coefficient (Wildman–Crippen LogP) is 2.53. The normalized spacial score (nSPS) is 12.6. The fourth-order valence-electron chi connectivity index (χ4n) is 2.00. The molecule has 0 amide bonds. The number of pyridine rings is 1. The van der Waals surface area contributed by atoms with Crippen molar-refractivity contribution in [3.8, 4) is 11.3 Å². The lowest BCUT2D eigenvalue weighted by atomic mass is 10.1. The molecule has 0 saturated carbocycles. The zero-order valence-corrected chi connectivity index (χ0v) is 11.5. The number of hydrogen-bond acceptors (Lipinski definition) is 4. The van der Waals surface area contributed by atoms with Gasteiger partial charge in [0.05, 0.1) is 18.2 Å². The highest BCUT2D eigenvalue weighted by molar-refractivity contribution is 7.98. The summed E-state index contributed by atoms with van der Waals surface area (Å²) in [7, 11) is 0. The van der Waals surface area contributed by atoms with Crippen molar-refractivity contribution in [1.29, 1.82) is 0 Å². The number of aromatic nitrogens is 3. The third kappa shape index (κ3) is 2.85. The van der Waals surface area contributed by atoms with E-state index in [4.69, 9.17) is 5.73 Å². The SMILES string of the molecule is CSCC(C)Cn1cncc1-c1cccnc1N. The highest BCUT2D eigenvalue weighted by atomic mass is 32.2. The minimum atomic E-state index is 0.553. The van der Waals surface area contributed by atoms with E-state index in [9.17, 15) is 0 Å². The van der Waals surface area contributed by atoms with E-state index in [1.165, 1.54) is 0 Å². The van der Waals surface area contributed by atoms with Gasteiger partial charge < -0.3 is 10.3 Å². The van der Waals surface area contributed by atoms with Gasteiger partial charge in [0.2, 0.25) is 0 Å². The molecule has 0 fully saturated rings. The molecule has 0 aliphatic rings. The lowest BCUT2D eigenvalue weighted by Crippen LogP contribution is -2.10. The van der Waals surface area contributed by atoms with Crippen LogP contribution in [0, 0.1) is 5.92 Å². The van der Waals surface area contributed by atoms with Gasteiger partial charge in [0.15, 0.2) is 0 Å². The third-order valence-corrected chi connectivity index (χ3v) is 3.69. The van der Waals surface area contributed by atoms with Crippen LogP contribution in [0.1, 0.15) is 6.92 Å². The first-order valence-corrected chi connectivity index (χ1v) is 7.31. The highest BCUT2D eigenvalue weighted by Crippen LogP contribution is 2.24. The summed E-state index contributed by atoms with van der Waals surface area (Å²) in [6, 6.07) is 3.88. The van der Waals surface area contributed by atoms with Crippen LogP contribution >= 0.6 is 11.8 Å². The summed E-state index contributed by atoms with van der Waals surface area (Å²) in [4.78, 5) is 8.35. The molecule has 1 atom stereocenters. The molecule has 0 aliphatic heterocycles. The third-order valence-electron chi connectivity index (χ3n) is 2.79. The number of thioether (sulfide) groups is 1. The van der Waals surface area contributed by atoms with Crippen LogP contribution in [0.2, 0.25) is 0 Å². The smallest absolute Gasteiger partial charge is 0.132 e. The van der Waals surface area contributed by atoms with E-state index >= 15 is 0 Å². The molecule has 2 heterocycles. The maximum Gasteiger partial charge on any atom is 0.132 e. The molecule has 0 aromatic carbocycles. The summed E-state index contributed by atoms with van der Waals surface area (Å²) in [6.07, 6.45) is 7.54. The fourth-order valence-corrected chi connectivity index (χ4v) is 2.67. The summed E-state index contributed by atoms with van der Waals surface area (Å²) in [6.45, 7) is 3.19. The van der Waals surface area contributed by atoms with Crippen molar-refractivity contribution >= 4 is 17.6 Å². The molecule has 0 bridgehead atoms. The zero-order chi connectivity index (χ0) is 13.0.